The summed E-state index contributed by atoms with van der Waals surface area (Å²) in [6.45, 7) is 1.17. The van der Waals surface area contributed by atoms with Crippen molar-refractivity contribution in [3.63, 3.8) is 0 Å². The molecule has 0 unspecified atom stereocenters. The number of para-hydroxylation sites is 1. The van der Waals surface area contributed by atoms with E-state index in [0.29, 0.717) is 52.9 Å². The van der Waals surface area contributed by atoms with Crippen LogP contribution in [0.25, 0.3) is 0 Å². The van der Waals surface area contributed by atoms with E-state index in [-0.39, 0.29) is 11.7 Å². The molecule has 0 atom stereocenters. The third-order valence-electron chi connectivity index (χ3n) is 4.64. The molecule has 0 radical (unpaired) electrons. The largest absolute Gasteiger partial charge is 0.492 e. The summed E-state index contributed by atoms with van der Waals surface area (Å²) in [5, 5.41) is 9.50. The smallest absolute Gasteiger partial charge is 0.277 e. The number of anilines is 1. The number of thioether (sulfide) groups is 1. The van der Waals surface area contributed by atoms with Gasteiger partial charge in [-0.1, -0.05) is 53.2 Å². The van der Waals surface area contributed by atoms with Crippen LogP contribution < -0.4 is 9.64 Å². The summed E-state index contributed by atoms with van der Waals surface area (Å²) >= 11 is 13.2. The minimum Gasteiger partial charge on any atom is -0.492 e. The van der Waals surface area contributed by atoms with E-state index >= 15 is 0 Å². The number of aromatic nitrogens is 2. The third kappa shape index (κ3) is 5.09. The van der Waals surface area contributed by atoms with E-state index in [4.69, 9.17) is 32.4 Å². The molecule has 0 bridgehead atoms. The fourth-order valence-corrected chi connectivity index (χ4v) is 4.31. The summed E-state index contributed by atoms with van der Waals surface area (Å²) in [5.41, 5.74) is 2.20. The van der Waals surface area contributed by atoms with Gasteiger partial charge in [0.05, 0.1) is 17.4 Å². The monoisotopic (exact) mass is 463 g/mol. The van der Waals surface area contributed by atoms with Gasteiger partial charge < -0.3 is 14.1 Å². The van der Waals surface area contributed by atoms with E-state index in [1.807, 2.05) is 23.1 Å². The Morgan fingerprint density at radius 1 is 1.20 bits per heavy atom. The van der Waals surface area contributed by atoms with Crippen LogP contribution in [0.15, 0.2) is 52.1 Å². The molecule has 30 heavy (non-hydrogen) atoms. The molecule has 0 saturated heterocycles. The van der Waals surface area contributed by atoms with Gasteiger partial charge in [0.15, 0.2) is 0 Å². The van der Waals surface area contributed by atoms with Crippen molar-refractivity contribution in [3.8, 4) is 5.75 Å². The van der Waals surface area contributed by atoms with Crippen molar-refractivity contribution in [2.24, 2.45) is 0 Å². The Morgan fingerprint density at radius 2 is 2.07 bits per heavy atom. The Bertz CT molecular complexity index is 1040. The first-order chi connectivity index (χ1) is 14.6. The van der Waals surface area contributed by atoms with E-state index in [1.54, 1.807) is 18.2 Å². The number of ether oxygens (including phenoxy) is 1. The molecule has 1 aliphatic rings. The summed E-state index contributed by atoms with van der Waals surface area (Å²) in [5.74, 6) is 1.40. The number of nitrogens with zero attached hydrogens (tertiary/aromatic N) is 3. The zero-order valence-electron chi connectivity index (χ0n) is 16.0. The number of hydrogen-bond donors (Lipinski definition) is 0. The van der Waals surface area contributed by atoms with Crippen LogP contribution in [0.1, 0.15) is 17.9 Å². The van der Waals surface area contributed by atoms with Crippen LogP contribution in [-0.4, -0.2) is 35.0 Å². The van der Waals surface area contributed by atoms with Crippen LogP contribution in [0.2, 0.25) is 10.0 Å². The normalized spacial score (nSPS) is 12.8. The molecule has 0 aliphatic carbocycles. The summed E-state index contributed by atoms with van der Waals surface area (Å²) in [6, 6.07) is 13.1. The highest BCUT2D eigenvalue weighted by Gasteiger charge is 2.24. The van der Waals surface area contributed by atoms with Gasteiger partial charge in [-0.15, -0.1) is 10.2 Å². The van der Waals surface area contributed by atoms with Crippen LogP contribution in [0, 0.1) is 0 Å². The van der Waals surface area contributed by atoms with Crippen molar-refractivity contribution < 1.29 is 13.9 Å². The van der Waals surface area contributed by atoms with Crippen LogP contribution in [0.3, 0.4) is 0 Å². The molecule has 156 valence electrons. The molecule has 1 aliphatic heterocycles. The lowest BCUT2D eigenvalue weighted by molar-refractivity contribution is -0.116. The van der Waals surface area contributed by atoms with Gasteiger partial charge in [-0.05, 0) is 42.7 Å². The Balaban J connectivity index is 1.21. The Labute approximate surface area is 188 Å². The number of aryl methyl sites for hydroxylation is 1. The average molecular weight is 464 g/mol. The molecule has 2 aromatic carbocycles. The number of fused-ring (bicyclic) bond motifs is 1. The van der Waals surface area contributed by atoms with Gasteiger partial charge in [0, 0.05) is 23.7 Å². The first-order valence-electron chi connectivity index (χ1n) is 9.51. The standard InChI is InChI=1S/C21H19Cl2N3O3S/c22-15-7-8-18(16(23)12-15)28-11-3-6-19-24-25-21(29-19)30-13-20(27)26-10-9-14-4-1-2-5-17(14)26/h1-2,4-5,7-8,12H,3,6,9-11,13H2. The molecule has 0 N–H and O–H groups in total. The fraction of sp³-hybridized carbons (Fsp3) is 0.286. The van der Waals surface area contributed by atoms with Crippen LogP contribution in [0.4, 0.5) is 5.69 Å². The predicted octanol–water partition coefficient (Wildman–Crippen LogP) is 5.07. The lowest BCUT2D eigenvalue weighted by Gasteiger charge is -2.16. The first-order valence-corrected chi connectivity index (χ1v) is 11.3. The highest BCUT2D eigenvalue weighted by atomic mass is 35.5. The van der Waals surface area contributed by atoms with Crippen molar-refractivity contribution in [1.29, 1.82) is 0 Å². The number of hydrogen-bond acceptors (Lipinski definition) is 6. The maximum Gasteiger partial charge on any atom is 0.277 e. The number of benzene rings is 2. The average Bonchev–Trinajstić information content (AvgIpc) is 3.38. The number of amides is 1. The second kappa shape index (κ2) is 9.73. The summed E-state index contributed by atoms with van der Waals surface area (Å²) in [4.78, 5) is 14.4. The Hall–Kier alpha value is -2.22. The molecule has 0 spiro atoms. The molecular weight excluding hydrogens is 445 g/mol. The van der Waals surface area contributed by atoms with Gasteiger partial charge in [0.1, 0.15) is 5.75 Å². The van der Waals surface area contributed by atoms with E-state index in [1.165, 1.54) is 17.3 Å². The second-order valence-corrected chi connectivity index (χ2v) is 8.47. The topological polar surface area (TPSA) is 68.5 Å². The molecule has 9 heteroatoms. The van der Waals surface area contributed by atoms with Crippen molar-refractivity contribution in [2.45, 2.75) is 24.5 Å². The van der Waals surface area contributed by atoms with E-state index in [2.05, 4.69) is 16.3 Å². The first kappa shape index (κ1) is 21.0. The van der Waals surface area contributed by atoms with Crippen molar-refractivity contribution >= 4 is 46.6 Å². The van der Waals surface area contributed by atoms with E-state index in [0.717, 1.165) is 12.1 Å². The van der Waals surface area contributed by atoms with Crippen molar-refractivity contribution in [3.05, 3.63) is 64.0 Å². The van der Waals surface area contributed by atoms with Crippen LogP contribution in [-0.2, 0) is 17.6 Å². The van der Waals surface area contributed by atoms with E-state index in [9.17, 15) is 4.79 Å². The SMILES string of the molecule is O=C(CSc1nnc(CCCOc2ccc(Cl)cc2Cl)o1)N1CCc2ccccc21. The molecule has 3 aromatic rings. The molecule has 2 heterocycles. The number of carbonyl (C=O) groups is 1. The minimum absolute atomic E-state index is 0.0398. The summed E-state index contributed by atoms with van der Waals surface area (Å²) in [7, 11) is 0. The number of carbonyl (C=O) groups excluding carboxylic acids is 1. The van der Waals surface area contributed by atoms with Gasteiger partial charge in [-0.25, -0.2) is 0 Å². The molecule has 6 nitrogen and oxygen atoms in total. The number of rotatable bonds is 8. The molecule has 0 saturated carbocycles. The van der Waals surface area contributed by atoms with Gasteiger partial charge in [0.25, 0.3) is 5.22 Å². The molecular formula is C21H19Cl2N3O3S. The fourth-order valence-electron chi connectivity index (χ4n) is 3.19. The van der Waals surface area contributed by atoms with Crippen molar-refractivity contribution in [1.82, 2.24) is 10.2 Å². The predicted molar refractivity (Wildman–Crippen MR) is 118 cm³/mol. The molecule has 4 rings (SSSR count). The zero-order chi connectivity index (χ0) is 20.9. The second-order valence-electron chi connectivity index (χ2n) is 6.70. The van der Waals surface area contributed by atoms with Crippen LogP contribution >= 0.6 is 35.0 Å². The van der Waals surface area contributed by atoms with Gasteiger partial charge in [-0.3, -0.25) is 4.79 Å². The lowest BCUT2D eigenvalue weighted by Crippen LogP contribution is -2.30. The quantitative estimate of drug-likeness (QED) is 0.343. The highest BCUT2D eigenvalue weighted by molar-refractivity contribution is 7.99. The Morgan fingerprint density at radius 3 is 2.93 bits per heavy atom. The molecule has 1 amide bonds. The Kier molecular flexibility index (Phi) is 6.82. The van der Waals surface area contributed by atoms with Crippen molar-refractivity contribution in [2.75, 3.05) is 23.8 Å². The summed E-state index contributed by atoms with van der Waals surface area (Å²) in [6.07, 6.45) is 2.15. The van der Waals surface area contributed by atoms with Gasteiger partial charge in [0.2, 0.25) is 11.8 Å². The lowest BCUT2D eigenvalue weighted by atomic mass is 10.2. The van der Waals surface area contributed by atoms with Gasteiger partial charge >= 0.3 is 0 Å². The molecule has 1 aromatic heterocycles. The highest BCUT2D eigenvalue weighted by Crippen LogP contribution is 2.29. The zero-order valence-corrected chi connectivity index (χ0v) is 18.3. The number of halogens is 2. The minimum atomic E-state index is 0.0398. The van der Waals surface area contributed by atoms with E-state index < -0.39 is 0 Å². The maximum atomic E-state index is 12.6. The maximum absolute atomic E-state index is 12.6. The van der Waals surface area contributed by atoms with Gasteiger partial charge in [-0.2, -0.15) is 0 Å². The third-order valence-corrected chi connectivity index (χ3v) is 5.98. The van der Waals surface area contributed by atoms with Crippen LogP contribution in [0.5, 0.6) is 5.75 Å². The molecule has 0 fully saturated rings. The summed E-state index contributed by atoms with van der Waals surface area (Å²) < 4.78 is 11.3.